The number of carbonyl (C=O) groups is 2. The van der Waals surface area contributed by atoms with Gasteiger partial charge in [-0.3, -0.25) is 19.0 Å². The minimum absolute atomic E-state index is 0.0399. The van der Waals surface area contributed by atoms with E-state index in [0.29, 0.717) is 27.2 Å². The lowest BCUT2D eigenvalue weighted by atomic mass is 10.1. The van der Waals surface area contributed by atoms with Gasteiger partial charge in [0.05, 0.1) is 23.9 Å². The number of aryl methyl sites for hydroxylation is 1. The van der Waals surface area contributed by atoms with E-state index in [9.17, 15) is 14.4 Å². The van der Waals surface area contributed by atoms with Crippen LogP contribution in [0.15, 0.2) is 35.4 Å². The van der Waals surface area contributed by atoms with Gasteiger partial charge in [-0.1, -0.05) is 6.92 Å². The summed E-state index contributed by atoms with van der Waals surface area (Å²) in [7, 11) is 0. The lowest BCUT2D eigenvalue weighted by Crippen LogP contribution is -2.26. The molecule has 0 aliphatic carbocycles. The van der Waals surface area contributed by atoms with Crippen LogP contribution in [0, 0.1) is 0 Å². The van der Waals surface area contributed by atoms with E-state index in [1.807, 2.05) is 13.0 Å². The lowest BCUT2D eigenvalue weighted by molar-refractivity contribution is -0.118. The van der Waals surface area contributed by atoms with E-state index < -0.39 is 0 Å². The van der Waals surface area contributed by atoms with Crippen molar-refractivity contribution in [3.8, 4) is 5.75 Å². The Morgan fingerprint density at radius 2 is 2.19 bits per heavy atom. The van der Waals surface area contributed by atoms with Crippen LogP contribution in [0.3, 0.4) is 0 Å². The second kappa shape index (κ2) is 6.38. The summed E-state index contributed by atoms with van der Waals surface area (Å²) in [6.07, 6.45) is 2.24. The highest BCUT2D eigenvalue weighted by Crippen LogP contribution is 2.28. The number of benzene rings is 1. The molecule has 1 aromatic carbocycles. The van der Waals surface area contributed by atoms with Crippen LogP contribution in [-0.2, 0) is 17.8 Å². The average Bonchev–Trinajstić information content (AvgIpc) is 3.07. The summed E-state index contributed by atoms with van der Waals surface area (Å²) in [5.41, 5.74) is 0.619. The molecule has 7 nitrogen and oxygen atoms in total. The van der Waals surface area contributed by atoms with Crippen molar-refractivity contribution in [1.82, 2.24) is 9.55 Å². The van der Waals surface area contributed by atoms with Crippen molar-refractivity contribution in [1.29, 1.82) is 0 Å². The number of Topliss-reactive ketones (excluding diaryl/α,β-unsaturated/α-hetero) is 1. The highest BCUT2D eigenvalue weighted by Gasteiger charge is 2.18. The second-order valence-corrected chi connectivity index (χ2v) is 7.05. The van der Waals surface area contributed by atoms with Crippen LogP contribution < -0.4 is 15.6 Å². The van der Waals surface area contributed by atoms with Crippen molar-refractivity contribution in [2.24, 2.45) is 0 Å². The fraction of sp³-hybridized carbons (Fsp3) is 0.222. The number of thiophene rings is 1. The summed E-state index contributed by atoms with van der Waals surface area (Å²) in [5.74, 6) is 0.00532. The molecular formula is C18H15N3O4S. The fourth-order valence-corrected chi connectivity index (χ4v) is 3.72. The quantitative estimate of drug-likeness (QED) is 0.712. The van der Waals surface area contributed by atoms with Gasteiger partial charge in [0, 0.05) is 10.4 Å². The van der Waals surface area contributed by atoms with Gasteiger partial charge in [0.2, 0.25) is 0 Å². The SMILES string of the molecule is CCc1cc2c(=O)n(CC(=O)c3ccc4c(c3)NC(=O)CO4)cnc2s1. The number of nitrogens with one attached hydrogen (secondary N) is 1. The Kier molecular flexibility index (Phi) is 4.04. The molecule has 1 aliphatic rings. The average molecular weight is 369 g/mol. The minimum atomic E-state index is -0.267. The van der Waals surface area contributed by atoms with Crippen LogP contribution in [0.2, 0.25) is 0 Å². The molecule has 3 aromatic rings. The van der Waals surface area contributed by atoms with Gasteiger partial charge in [-0.2, -0.15) is 0 Å². The number of rotatable bonds is 4. The first kappa shape index (κ1) is 16.5. The van der Waals surface area contributed by atoms with Gasteiger partial charge in [0.15, 0.2) is 12.4 Å². The maximum absolute atomic E-state index is 12.6. The van der Waals surface area contributed by atoms with Crippen molar-refractivity contribution in [2.75, 3.05) is 11.9 Å². The van der Waals surface area contributed by atoms with Crippen molar-refractivity contribution in [2.45, 2.75) is 19.9 Å². The first-order valence-corrected chi connectivity index (χ1v) is 8.94. The highest BCUT2D eigenvalue weighted by molar-refractivity contribution is 7.18. The molecule has 0 saturated heterocycles. The number of ketones is 1. The molecule has 1 aliphatic heterocycles. The summed E-state index contributed by atoms with van der Waals surface area (Å²) < 4.78 is 6.59. The monoisotopic (exact) mass is 369 g/mol. The number of nitrogens with zero attached hydrogens (tertiary/aromatic N) is 2. The highest BCUT2D eigenvalue weighted by atomic mass is 32.1. The van der Waals surface area contributed by atoms with Crippen LogP contribution in [0.25, 0.3) is 10.2 Å². The van der Waals surface area contributed by atoms with Gasteiger partial charge in [-0.05, 0) is 30.7 Å². The maximum Gasteiger partial charge on any atom is 0.262 e. The number of hydrogen-bond acceptors (Lipinski definition) is 6. The van der Waals surface area contributed by atoms with E-state index in [1.165, 1.54) is 22.2 Å². The second-order valence-electron chi connectivity index (χ2n) is 5.93. The van der Waals surface area contributed by atoms with E-state index in [2.05, 4.69) is 10.3 Å². The molecule has 0 unspecified atom stereocenters. The van der Waals surface area contributed by atoms with Crippen molar-refractivity contribution < 1.29 is 14.3 Å². The van der Waals surface area contributed by atoms with Crippen molar-refractivity contribution in [3.05, 3.63) is 51.4 Å². The van der Waals surface area contributed by atoms with Gasteiger partial charge >= 0.3 is 0 Å². The molecule has 1 N–H and O–H groups in total. The van der Waals surface area contributed by atoms with Crippen LogP contribution in [0.1, 0.15) is 22.2 Å². The van der Waals surface area contributed by atoms with Crippen molar-refractivity contribution in [3.63, 3.8) is 0 Å². The summed E-state index contributed by atoms with van der Waals surface area (Å²) in [4.78, 5) is 42.7. The number of aromatic nitrogens is 2. The van der Waals surface area contributed by atoms with E-state index in [4.69, 9.17) is 4.74 Å². The summed E-state index contributed by atoms with van der Waals surface area (Å²) in [5, 5.41) is 3.20. The number of anilines is 1. The topological polar surface area (TPSA) is 90.3 Å². The van der Waals surface area contributed by atoms with E-state index in [1.54, 1.807) is 18.2 Å². The number of hydrogen-bond donors (Lipinski definition) is 1. The van der Waals surface area contributed by atoms with E-state index in [0.717, 1.165) is 11.3 Å². The smallest absolute Gasteiger partial charge is 0.262 e. The third kappa shape index (κ3) is 2.88. The largest absolute Gasteiger partial charge is 0.482 e. The summed E-state index contributed by atoms with van der Waals surface area (Å²) in [6, 6.07) is 6.65. The molecule has 0 spiro atoms. The zero-order chi connectivity index (χ0) is 18.3. The Balaban J connectivity index is 1.63. The molecule has 0 radical (unpaired) electrons. The normalized spacial score (nSPS) is 13.2. The zero-order valence-corrected chi connectivity index (χ0v) is 14.8. The van der Waals surface area contributed by atoms with Gasteiger partial charge in [-0.15, -0.1) is 11.3 Å². The molecule has 8 heteroatoms. The van der Waals surface area contributed by atoms with Crippen LogP contribution >= 0.6 is 11.3 Å². The molecule has 1 amide bonds. The molecule has 3 heterocycles. The lowest BCUT2D eigenvalue weighted by Gasteiger charge is -2.18. The molecular weight excluding hydrogens is 354 g/mol. The van der Waals surface area contributed by atoms with Crippen molar-refractivity contribution >= 4 is 38.9 Å². The van der Waals surface area contributed by atoms with Crippen LogP contribution in [-0.4, -0.2) is 27.8 Å². The Morgan fingerprint density at radius 3 is 3.00 bits per heavy atom. The summed E-state index contributed by atoms with van der Waals surface area (Å²) >= 11 is 1.49. The Hall–Kier alpha value is -3.00. The number of ether oxygens (including phenoxy) is 1. The summed E-state index contributed by atoms with van der Waals surface area (Å²) in [6.45, 7) is 1.86. The fourth-order valence-electron chi connectivity index (χ4n) is 2.80. The van der Waals surface area contributed by atoms with Crippen LogP contribution in [0.4, 0.5) is 5.69 Å². The van der Waals surface area contributed by atoms with Gasteiger partial charge in [0.1, 0.15) is 10.6 Å². The first-order chi connectivity index (χ1) is 12.5. The minimum Gasteiger partial charge on any atom is -0.482 e. The molecule has 0 fully saturated rings. The maximum atomic E-state index is 12.6. The predicted molar refractivity (Wildman–Crippen MR) is 98.2 cm³/mol. The van der Waals surface area contributed by atoms with Gasteiger partial charge in [0.25, 0.3) is 11.5 Å². The molecule has 0 saturated carbocycles. The molecule has 2 aromatic heterocycles. The van der Waals surface area contributed by atoms with Gasteiger partial charge in [-0.25, -0.2) is 4.98 Å². The van der Waals surface area contributed by atoms with Gasteiger partial charge < -0.3 is 10.1 Å². The number of fused-ring (bicyclic) bond motifs is 2. The Bertz CT molecular complexity index is 1100. The molecule has 0 bridgehead atoms. The standard InChI is InChI=1S/C18H15N3O4S/c1-2-11-6-12-17(26-11)19-9-21(18(12)24)7-14(22)10-3-4-15-13(5-10)20-16(23)8-25-15/h3-6,9H,2,7-8H2,1H3,(H,20,23). The Morgan fingerprint density at radius 1 is 1.35 bits per heavy atom. The van der Waals surface area contributed by atoms with E-state index >= 15 is 0 Å². The number of carbonyl (C=O) groups excluding carboxylic acids is 2. The molecule has 4 rings (SSSR count). The molecule has 132 valence electrons. The molecule has 26 heavy (non-hydrogen) atoms. The van der Waals surface area contributed by atoms with Crippen LogP contribution in [0.5, 0.6) is 5.75 Å². The third-order valence-electron chi connectivity index (χ3n) is 4.17. The number of amides is 1. The van der Waals surface area contributed by atoms with E-state index in [-0.39, 0.29) is 30.4 Å². The predicted octanol–water partition coefficient (Wildman–Crippen LogP) is 2.23. The Labute approximate surface area is 152 Å². The first-order valence-electron chi connectivity index (χ1n) is 8.13. The molecule has 0 atom stereocenters. The zero-order valence-electron chi connectivity index (χ0n) is 13.9. The third-order valence-corrected chi connectivity index (χ3v) is 5.35.